The molecule has 2 aromatic rings. The molecule has 0 radical (unpaired) electrons. The molecule has 0 aliphatic carbocycles. The van der Waals surface area contributed by atoms with Crippen LogP contribution in [0, 0.1) is 34.1 Å². The van der Waals surface area contributed by atoms with Crippen molar-refractivity contribution < 1.29 is 14.6 Å². The van der Waals surface area contributed by atoms with E-state index in [4.69, 9.17) is 4.74 Å². The molecule has 0 bridgehead atoms. The van der Waals surface area contributed by atoms with E-state index in [0.29, 0.717) is 22.6 Å². The molecular weight excluding hydrogens is 276 g/mol. The molecule has 0 fully saturated rings. The number of hydrogen-bond acceptors (Lipinski definition) is 5. The molecule has 0 N–H and O–H groups in total. The van der Waals surface area contributed by atoms with Gasteiger partial charge in [-0.2, -0.15) is 0 Å². The first kappa shape index (κ1) is 14.4. The maximum Gasteiger partial charge on any atom is 0.276 e. The normalized spacial score (nSPS) is 10.2. The number of hydrogen-bond donors (Lipinski definition) is 0. The maximum atomic E-state index is 10.9. The zero-order valence-corrected chi connectivity index (χ0v) is 11.4. The topological polar surface area (TPSA) is 95.5 Å². The Bertz CT molecular complexity index is 666. The molecule has 0 saturated heterocycles. The first-order chi connectivity index (χ1) is 9.91. The Morgan fingerprint density at radius 3 is 1.52 bits per heavy atom. The van der Waals surface area contributed by atoms with Gasteiger partial charge in [0.2, 0.25) is 0 Å². The smallest absolute Gasteiger partial charge is 0.276 e. The summed E-state index contributed by atoms with van der Waals surface area (Å²) >= 11 is 0. The quantitative estimate of drug-likeness (QED) is 0.627. The third-order valence-electron chi connectivity index (χ3n) is 3.12. The predicted molar refractivity (Wildman–Crippen MR) is 75.7 cm³/mol. The van der Waals surface area contributed by atoms with Crippen molar-refractivity contribution >= 4 is 11.4 Å². The summed E-state index contributed by atoms with van der Waals surface area (Å²) in [6.07, 6.45) is 0. The molecule has 21 heavy (non-hydrogen) atoms. The van der Waals surface area contributed by atoms with Crippen molar-refractivity contribution in [3.8, 4) is 11.5 Å². The average molecular weight is 288 g/mol. The number of rotatable bonds is 4. The third kappa shape index (κ3) is 2.81. The zero-order chi connectivity index (χ0) is 15.6. The minimum Gasteiger partial charge on any atom is -0.456 e. The van der Waals surface area contributed by atoms with E-state index >= 15 is 0 Å². The Kier molecular flexibility index (Phi) is 3.84. The van der Waals surface area contributed by atoms with Gasteiger partial charge in [0.1, 0.15) is 11.5 Å². The lowest BCUT2D eigenvalue weighted by Gasteiger charge is -2.11. The van der Waals surface area contributed by atoms with Gasteiger partial charge in [-0.1, -0.05) is 12.1 Å². The van der Waals surface area contributed by atoms with Crippen LogP contribution in [0.15, 0.2) is 36.4 Å². The van der Waals surface area contributed by atoms with Crippen molar-refractivity contribution in [1.82, 2.24) is 0 Å². The van der Waals surface area contributed by atoms with Crippen LogP contribution in [0.2, 0.25) is 0 Å². The van der Waals surface area contributed by atoms with Crippen LogP contribution < -0.4 is 4.74 Å². The second-order valence-corrected chi connectivity index (χ2v) is 4.42. The number of nitro groups is 2. The average Bonchev–Trinajstić information content (AvgIpc) is 2.42. The summed E-state index contributed by atoms with van der Waals surface area (Å²) in [7, 11) is 0. The molecule has 108 valence electrons. The van der Waals surface area contributed by atoms with Gasteiger partial charge in [-0.25, -0.2) is 0 Å². The van der Waals surface area contributed by atoms with Gasteiger partial charge in [0.25, 0.3) is 11.4 Å². The SMILES string of the molecule is Cc1c(Oc2cccc([N+](=O)[O-])c2C)cccc1[N+](=O)[O-]. The zero-order valence-electron chi connectivity index (χ0n) is 11.4. The largest absolute Gasteiger partial charge is 0.456 e. The van der Waals surface area contributed by atoms with Crippen LogP contribution in [0.25, 0.3) is 0 Å². The van der Waals surface area contributed by atoms with Crippen molar-refractivity contribution in [3.05, 3.63) is 67.8 Å². The first-order valence-corrected chi connectivity index (χ1v) is 6.07. The van der Waals surface area contributed by atoms with Gasteiger partial charge in [-0.15, -0.1) is 0 Å². The molecule has 0 heterocycles. The van der Waals surface area contributed by atoms with Gasteiger partial charge >= 0.3 is 0 Å². The van der Waals surface area contributed by atoms with E-state index in [-0.39, 0.29) is 11.4 Å². The van der Waals surface area contributed by atoms with Crippen molar-refractivity contribution in [3.63, 3.8) is 0 Å². The van der Waals surface area contributed by atoms with Crippen LogP contribution in [-0.2, 0) is 0 Å². The summed E-state index contributed by atoms with van der Waals surface area (Å²) < 4.78 is 5.61. The lowest BCUT2D eigenvalue weighted by atomic mass is 10.1. The number of nitro benzene ring substituents is 2. The van der Waals surface area contributed by atoms with Crippen LogP contribution in [0.1, 0.15) is 11.1 Å². The van der Waals surface area contributed by atoms with Gasteiger partial charge < -0.3 is 4.74 Å². The summed E-state index contributed by atoms with van der Waals surface area (Å²) in [4.78, 5) is 20.8. The Morgan fingerprint density at radius 2 is 1.19 bits per heavy atom. The fraction of sp³-hybridized carbons (Fsp3) is 0.143. The first-order valence-electron chi connectivity index (χ1n) is 6.07. The maximum absolute atomic E-state index is 10.9. The van der Waals surface area contributed by atoms with Gasteiger partial charge in [-0.05, 0) is 26.0 Å². The highest BCUT2D eigenvalue weighted by atomic mass is 16.6. The van der Waals surface area contributed by atoms with E-state index in [1.165, 1.54) is 24.3 Å². The summed E-state index contributed by atoms with van der Waals surface area (Å²) in [5, 5.41) is 21.8. The molecular formula is C14H12N2O5. The minimum atomic E-state index is -0.498. The van der Waals surface area contributed by atoms with Crippen molar-refractivity contribution in [2.75, 3.05) is 0 Å². The molecule has 0 spiro atoms. The lowest BCUT2D eigenvalue weighted by Crippen LogP contribution is -1.97. The molecule has 0 amide bonds. The van der Waals surface area contributed by atoms with Gasteiger partial charge in [0.15, 0.2) is 0 Å². The van der Waals surface area contributed by atoms with Crippen LogP contribution >= 0.6 is 0 Å². The second-order valence-electron chi connectivity index (χ2n) is 4.42. The summed E-state index contributed by atoms with van der Waals surface area (Å²) in [6.45, 7) is 3.14. The van der Waals surface area contributed by atoms with E-state index in [0.717, 1.165) is 0 Å². The molecule has 2 rings (SSSR count). The fourth-order valence-corrected chi connectivity index (χ4v) is 1.94. The molecule has 7 heteroatoms. The molecule has 0 saturated carbocycles. The van der Waals surface area contributed by atoms with Gasteiger partial charge in [0, 0.05) is 12.1 Å². The highest BCUT2D eigenvalue weighted by molar-refractivity contribution is 5.53. The van der Waals surface area contributed by atoms with Crippen molar-refractivity contribution in [2.45, 2.75) is 13.8 Å². The molecule has 0 atom stereocenters. The second kappa shape index (κ2) is 5.58. The summed E-state index contributed by atoms with van der Waals surface area (Å²) in [6, 6.07) is 8.94. The van der Waals surface area contributed by atoms with Crippen molar-refractivity contribution in [2.24, 2.45) is 0 Å². The molecule has 0 aromatic heterocycles. The predicted octanol–water partition coefficient (Wildman–Crippen LogP) is 3.91. The van der Waals surface area contributed by atoms with E-state index < -0.39 is 9.85 Å². The van der Waals surface area contributed by atoms with Crippen LogP contribution in [-0.4, -0.2) is 9.85 Å². The Labute approximate surface area is 120 Å². The minimum absolute atomic E-state index is 0.0596. The Hall–Kier alpha value is -2.96. The summed E-state index contributed by atoms with van der Waals surface area (Å²) in [5.74, 6) is 0.598. The van der Waals surface area contributed by atoms with Crippen LogP contribution in [0.3, 0.4) is 0 Å². The highest BCUT2D eigenvalue weighted by Crippen LogP contribution is 2.34. The number of nitrogens with zero attached hydrogens (tertiary/aromatic N) is 2. The third-order valence-corrected chi connectivity index (χ3v) is 3.12. The van der Waals surface area contributed by atoms with E-state index in [1.807, 2.05) is 0 Å². The van der Waals surface area contributed by atoms with Gasteiger partial charge in [0.05, 0.1) is 21.0 Å². The Balaban J connectivity index is 2.44. The molecule has 0 aliphatic rings. The fourth-order valence-electron chi connectivity index (χ4n) is 1.94. The molecule has 0 aliphatic heterocycles. The van der Waals surface area contributed by atoms with Gasteiger partial charge in [-0.3, -0.25) is 20.2 Å². The molecule has 2 aromatic carbocycles. The van der Waals surface area contributed by atoms with Crippen molar-refractivity contribution in [1.29, 1.82) is 0 Å². The number of benzene rings is 2. The molecule has 7 nitrogen and oxygen atoms in total. The molecule has 0 unspecified atom stereocenters. The highest BCUT2D eigenvalue weighted by Gasteiger charge is 2.18. The van der Waals surface area contributed by atoms with E-state index in [1.54, 1.807) is 26.0 Å². The summed E-state index contributed by atoms with van der Waals surface area (Å²) in [5.41, 5.74) is 0.619. The lowest BCUT2D eigenvalue weighted by molar-refractivity contribution is -0.385. The number of ether oxygens (including phenoxy) is 1. The van der Waals surface area contributed by atoms with E-state index in [2.05, 4.69) is 0 Å². The standard InChI is InChI=1S/C14H12N2O5/c1-9-11(15(17)18)5-3-7-13(9)21-14-8-4-6-12(10(14)2)16(19)20/h3-8H,1-2H3. The van der Waals surface area contributed by atoms with Crippen LogP contribution in [0.5, 0.6) is 11.5 Å². The van der Waals surface area contributed by atoms with Crippen LogP contribution in [0.4, 0.5) is 11.4 Å². The Morgan fingerprint density at radius 1 is 0.810 bits per heavy atom. The monoisotopic (exact) mass is 288 g/mol. The van der Waals surface area contributed by atoms with E-state index in [9.17, 15) is 20.2 Å².